The second-order valence-corrected chi connectivity index (χ2v) is 6.22. The Morgan fingerprint density at radius 1 is 0.920 bits per heavy atom. The highest BCUT2D eigenvalue weighted by Gasteiger charge is 2.35. The average molecular weight is 342 g/mol. The van der Waals surface area contributed by atoms with E-state index in [0.717, 1.165) is 5.56 Å². The van der Waals surface area contributed by atoms with Crippen LogP contribution in [0.15, 0.2) is 54.6 Å². The van der Waals surface area contributed by atoms with E-state index in [4.69, 9.17) is 16.6 Å². The molecule has 2 atom stereocenters. The molecular formula is C19H22N2O4. The van der Waals surface area contributed by atoms with Crippen LogP contribution in [0.2, 0.25) is 0 Å². The Balaban J connectivity index is 2.28. The summed E-state index contributed by atoms with van der Waals surface area (Å²) in [4.78, 5) is 22.8. The molecular weight excluding hydrogens is 320 g/mol. The molecule has 2 aromatic rings. The van der Waals surface area contributed by atoms with Crippen LogP contribution in [0.4, 0.5) is 0 Å². The summed E-state index contributed by atoms with van der Waals surface area (Å²) in [6.45, 7) is 0. The molecule has 132 valence electrons. The number of aliphatic carboxylic acids is 2. The molecule has 0 aliphatic heterocycles. The number of rotatable bonds is 8. The van der Waals surface area contributed by atoms with E-state index >= 15 is 0 Å². The maximum Gasteiger partial charge on any atom is 0.324 e. The van der Waals surface area contributed by atoms with Gasteiger partial charge in [-0.25, -0.2) is 0 Å². The molecule has 0 unspecified atom stereocenters. The summed E-state index contributed by atoms with van der Waals surface area (Å²) < 4.78 is 0. The predicted molar refractivity (Wildman–Crippen MR) is 94.2 cm³/mol. The van der Waals surface area contributed by atoms with E-state index in [1.165, 1.54) is 0 Å². The smallest absolute Gasteiger partial charge is 0.324 e. The van der Waals surface area contributed by atoms with Crippen LogP contribution in [0, 0.1) is 0 Å². The van der Waals surface area contributed by atoms with E-state index in [2.05, 4.69) is 0 Å². The molecule has 0 aliphatic rings. The summed E-state index contributed by atoms with van der Waals surface area (Å²) in [6.07, 6.45) is 0.370. The molecule has 0 aromatic heterocycles. The van der Waals surface area contributed by atoms with Crippen molar-refractivity contribution in [2.75, 3.05) is 0 Å². The Kier molecular flexibility index (Phi) is 5.90. The molecule has 2 rings (SSSR count). The lowest BCUT2D eigenvalue weighted by Crippen LogP contribution is -2.52. The molecule has 0 heterocycles. The Morgan fingerprint density at radius 2 is 1.48 bits per heavy atom. The first kappa shape index (κ1) is 18.6. The van der Waals surface area contributed by atoms with Gasteiger partial charge in [-0.15, -0.1) is 0 Å². The highest BCUT2D eigenvalue weighted by Crippen LogP contribution is 2.21. The molecule has 0 spiro atoms. The van der Waals surface area contributed by atoms with Crippen molar-refractivity contribution in [2.45, 2.75) is 30.8 Å². The van der Waals surface area contributed by atoms with Gasteiger partial charge in [0.25, 0.3) is 0 Å². The molecule has 0 saturated heterocycles. The second-order valence-electron chi connectivity index (χ2n) is 6.22. The van der Waals surface area contributed by atoms with E-state index < -0.39 is 23.5 Å². The van der Waals surface area contributed by atoms with Crippen molar-refractivity contribution in [3.05, 3.63) is 71.3 Å². The molecule has 6 nitrogen and oxygen atoms in total. The van der Waals surface area contributed by atoms with E-state index in [1.807, 2.05) is 30.3 Å². The number of hydrogen-bond donors (Lipinski definition) is 4. The van der Waals surface area contributed by atoms with E-state index in [1.54, 1.807) is 24.3 Å². The van der Waals surface area contributed by atoms with Crippen molar-refractivity contribution in [2.24, 2.45) is 11.5 Å². The average Bonchev–Trinajstić information content (AvgIpc) is 2.57. The third-order valence-corrected chi connectivity index (χ3v) is 4.17. The third-order valence-electron chi connectivity index (χ3n) is 4.17. The fraction of sp³-hybridized carbons (Fsp3) is 0.263. The molecule has 0 saturated carbocycles. The largest absolute Gasteiger partial charge is 0.480 e. The van der Waals surface area contributed by atoms with Crippen LogP contribution in [-0.4, -0.2) is 33.7 Å². The molecule has 6 heteroatoms. The molecule has 6 N–H and O–H groups in total. The van der Waals surface area contributed by atoms with Gasteiger partial charge in [0.05, 0.1) is 0 Å². The minimum absolute atomic E-state index is 0.0831. The minimum Gasteiger partial charge on any atom is -0.480 e. The molecule has 0 amide bonds. The summed E-state index contributed by atoms with van der Waals surface area (Å²) in [5, 5.41) is 18.7. The lowest BCUT2D eigenvalue weighted by atomic mass is 9.83. The van der Waals surface area contributed by atoms with Crippen molar-refractivity contribution in [3.63, 3.8) is 0 Å². The number of carboxylic acids is 2. The van der Waals surface area contributed by atoms with Gasteiger partial charge in [-0.2, -0.15) is 0 Å². The zero-order valence-corrected chi connectivity index (χ0v) is 13.8. The Bertz CT molecular complexity index is 748. The van der Waals surface area contributed by atoms with E-state index in [9.17, 15) is 14.7 Å². The van der Waals surface area contributed by atoms with Crippen molar-refractivity contribution in [1.82, 2.24) is 0 Å². The van der Waals surface area contributed by atoms with Crippen LogP contribution in [0.25, 0.3) is 0 Å². The quantitative estimate of drug-likeness (QED) is 0.571. The van der Waals surface area contributed by atoms with Crippen molar-refractivity contribution in [3.8, 4) is 0 Å². The minimum atomic E-state index is -1.50. The summed E-state index contributed by atoms with van der Waals surface area (Å²) in [5.74, 6) is -2.20. The normalized spacial score (nSPS) is 14.5. The van der Waals surface area contributed by atoms with Crippen LogP contribution < -0.4 is 11.5 Å². The van der Waals surface area contributed by atoms with E-state index in [-0.39, 0.29) is 19.3 Å². The topological polar surface area (TPSA) is 127 Å². The lowest BCUT2D eigenvalue weighted by molar-refractivity contribution is -0.143. The van der Waals surface area contributed by atoms with Gasteiger partial charge in [-0.1, -0.05) is 54.6 Å². The van der Waals surface area contributed by atoms with Gasteiger partial charge >= 0.3 is 11.9 Å². The molecule has 0 radical (unpaired) electrons. The van der Waals surface area contributed by atoms with Gasteiger partial charge in [-0.05, 0) is 23.1 Å². The molecule has 0 fully saturated rings. The van der Waals surface area contributed by atoms with Crippen molar-refractivity contribution in [1.29, 1.82) is 0 Å². The molecule has 2 aromatic carbocycles. The fourth-order valence-corrected chi connectivity index (χ4v) is 2.77. The highest BCUT2D eigenvalue weighted by molar-refractivity contribution is 5.79. The fourth-order valence-electron chi connectivity index (χ4n) is 2.77. The van der Waals surface area contributed by atoms with Gasteiger partial charge in [0, 0.05) is 12.8 Å². The van der Waals surface area contributed by atoms with Gasteiger partial charge < -0.3 is 21.7 Å². The van der Waals surface area contributed by atoms with Crippen molar-refractivity contribution >= 4 is 11.9 Å². The summed E-state index contributed by atoms with van der Waals surface area (Å²) in [7, 11) is 0. The number of carbonyl (C=O) groups is 2. The van der Waals surface area contributed by atoms with Gasteiger partial charge in [0.1, 0.15) is 11.6 Å². The summed E-state index contributed by atoms with van der Waals surface area (Å²) in [5.41, 5.74) is 12.6. The van der Waals surface area contributed by atoms with E-state index in [0.29, 0.717) is 11.1 Å². The molecule has 0 bridgehead atoms. The monoisotopic (exact) mass is 342 g/mol. The number of carboxylic acid groups (broad SMARTS) is 2. The Hall–Kier alpha value is -2.70. The lowest BCUT2D eigenvalue weighted by Gasteiger charge is -2.26. The van der Waals surface area contributed by atoms with Crippen LogP contribution in [0.1, 0.15) is 16.7 Å². The maximum absolute atomic E-state index is 11.8. The predicted octanol–water partition coefficient (Wildman–Crippen LogP) is 1.21. The van der Waals surface area contributed by atoms with Crippen LogP contribution >= 0.6 is 0 Å². The van der Waals surface area contributed by atoms with Gasteiger partial charge in [0.2, 0.25) is 0 Å². The zero-order chi connectivity index (χ0) is 18.4. The maximum atomic E-state index is 11.8. The Labute approximate surface area is 146 Å². The third kappa shape index (κ3) is 4.89. The summed E-state index contributed by atoms with van der Waals surface area (Å²) in [6, 6.07) is 15.2. The second kappa shape index (κ2) is 7.92. The van der Waals surface area contributed by atoms with Gasteiger partial charge in [-0.3, -0.25) is 9.59 Å². The first-order valence-corrected chi connectivity index (χ1v) is 7.93. The number of nitrogens with two attached hydrogens (primary N) is 2. The zero-order valence-electron chi connectivity index (χ0n) is 13.8. The molecule has 0 aliphatic carbocycles. The van der Waals surface area contributed by atoms with Crippen LogP contribution in [-0.2, 0) is 28.9 Å². The molecule has 25 heavy (non-hydrogen) atoms. The SMILES string of the molecule is N[C@@H](Cc1ccccc1C[C@](N)(Cc1ccccc1)C(=O)O)C(=O)O. The highest BCUT2D eigenvalue weighted by atomic mass is 16.4. The Morgan fingerprint density at radius 3 is 2.04 bits per heavy atom. The first-order chi connectivity index (χ1) is 11.8. The number of benzene rings is 2. The van der Waals surface area contributed by atoms with Gasteiger partial charge in [0.15, 0.2) is 0 Å². The first-order valence-electron chi connectivity index (χ1n) is 7.93. The number of hydrogen-bond acceptors (Lipinski definition) is 4. The van der Waals surface area contributed by atoms with Crippen LogP contribution in [0.5, 0.6) is 0 Å². The standard InChI is InChI=1S/C19H22N2O4/c20-16(17(22)23)10-14-8-4-5-9-15(14)12-19(21,18(24)25)11-13-6-2-1-3-7-13/h1-9,16H,10-12,20-21H2,(H,22,23)(H,24,25)/t16-,19+/m0/s1. The van der Waals surface area contributed by atoms with Crippen molar-refractivity contribution < 1.29 is 19.8 Å². The van der Waals surface area contributed by atoms with Crippen LogP contribution in [0.3, 0.4) is 0 Å². The summed E-state index contributed by atoms with van der Waals surface area (Å²) >= 11 is 0.